The van der Waals surface area contributed by atoms with E-state index in [4.69, 9.17) is 4.74 Å². The number of carbonyl (C=O) groups is 1. The highest BCUT2D eigenvalue weighted by Crippen LogP contribution is 2.25. The van der Waals surface area contributed by atoms with Crippen LogP contribution in [0.25, 0.3) is 0 Å². The van der Waals surface area contributed by atoms with Gasteiger partial charge in [-0.2, -0.15) is 0 Å². The topological polar surface area (TPSA) is 84.5 Å². The lowest BCUT2D eigenvalue weighted by Gasteiger charge is -2.23. The molecule has 2 N–H and O–H groups in total. The molecule has 0 unspecified atom stereocenters. The van der Waals surface area contributed by atoms with Crippen LogP contribution >= 0.6 is 0 Å². The van der Waals surface area contributed by atoms with E-state index in [2.05, 4.69) is 10.0 Å². The number of ether oxygens (including phenoxy) is 1. The summed E-state index contributed by atoms with van der Waals surface area (Å²) in [5.41, 5.74) is 0.325. The van der Waals surface area contributed by atoms with Crippen LogP contribution in [0.3, 0.4) is 0 Å². The van der Waals surface area contributed by atoms with Gasteiger partial charge in [0.2, 0.25) is 10.0 Å². The average Bonchev–Trinajstić information content (AvgIpc) is 2.54. The minimum atomic E-state index is -3.75. The van der Waals surface area contributed by atoms with Crippen molar-refractivity contribution in [3.05, 3.63) is 23.8 Å². The van der Waals surface area contributed by atoms with Gasteiger partial charge >= 0.3 is 0 Å². The van der Waals surface area contributed by atoms with Gasteiger partial charge in [-0.25, -0.2) is 13.1 Å². The molecule has 1 fully saturated rings. The standard InChI is InChI=1S/C17H26N2O4S/c1-12(2)19-24(21,22)16-11-13(9-10-15(16)23-3)17(20)18-14-7-5-4-6-8-14/h9-12,14,19H,4-8H2,1-3H3,(H,18,20). The van der Waals surface area contributed by atoms with Gasteiger partial charge in [0.25, 0.3) is 5.91 Å². The maximum Gasteiger partial charge on any atom is 0.251 e. The summed E-state index contributed by atoms with van der Waals surface area (Å²) >= 11 is 0. The Morgan fingerprint density at radius 2 is 1.88 bits per heavy atom. The summed E-state index contributed by atoms with van der Waals surface area (Å²) in [6.45, 7) is 3.48. The van der Waals surface area contributed by atoms with Crippen LogP contribution in [0.5, 0.6) is 5.75 Å². The Labute approximate surface area is 144 Å². The fraction of sp³-hybridized carbons (Fsp3) is 0.588. The molecule has 0 heterocycles. The molecule has 0 radical (unpaired) electrons. The molecule has 0 aliphatic heterocycles. The monoisotopic (exact) mass is 354 g/mol. The first kappa shape index (κ1) is 18.7. The Morgan fingerprint density at radius 1 is 1.21 bits per heavy atom. The highest BCUT2D eigenvalue weighted by Gasteiger charge is 2.23. The van der Waals surface area contributed by atoms with Crippen LogP contribution in [-0.4, -0.2) is 33.5 Å². The van der Waals surface area contributed by atoms with E-state index in [1.165, 1.54) is 25.7 Å². The number of benzene rings is 1. The zero-order chi connectivity index (χ0) is 17.7. The molecule has 0 aromatic heterocycles. The van der Waals surface area contributed by atoms with Gasteiger partial charge in [-0.05, 0) is 44.9 Å². The smallest absolute Gasteiger partial charge is 0.251 e. The van der Waals surface area contributed by atoms with Crippen molar-refractivity contribution in [3.63, 3.8) is 0 Å². The molecule has 1 amide bonds. The molecular weight excluding hydrogens is 328 g/mol. The van der Waals surface area contributed by atoms with E-state index in [-0.39, 0.29) is 28.6 Å². The van der Waals surface area contributed by atoms with E-state index in [9.17, 15) is 13.2 Å². The highest BCUT2D eigenvalue weighted by atomic mass is 32.2. The van der Waals surface area contributed by atoms with Gasteiger partial charge < -0.3 is 10.1 Å². The maximum absolute atomic E-state index is 12.5. The molecular formula is C17H26N2O4S. The van der Waals surface area contributed by atoms with Crippen molar-refractivity contribution in [3.8, 4) is 5.75 Å². The van der Waals surface area contributed by atoms with Gasteiger partial charge in [-0.15, -0.1) is 0 Å². The first-order valence-corrected chi connectivity index (χ1v) is 9.83. The predicted octanol–water partition coefficient (Wildman–Crippen LogP) is 2.44. The van der Waals surface area contributed by atoms with E-state index < -0.39 is 10.0 Å². The molecule has 1 aliphatic rings. The first-order valence-electron chi connectivity index (χ1n) is 8.34. The molecule has 1 saturated carbocycles. The van der Waals surface area contributed by atoms with Crippen molar-refractivity contribution in [1.82, 2.24) is 10.0 Å². The third-order valence-corrected chi connectivity index (χ3v) is 5.73. The van der Waals surface area contributed by atoms with Crippen LogP contribution in [0.2, 0.25) is 0 Å². The van der Waals surface area contributed by atoms with E-state index in [0.29, 0.717) is 5.56 Å². The molecule has 7 heteroatoms. The second-order valence-corrected chi connectivity index (χ2v) is 8.13. The number of methoxy groups -OCH3 is 1. The third-order valence-electron chi connectivity index (χ3n) is 4.05. The van der Waals surface area contributed by atoms with E-state index in [1.54, 1.807) is 19.9 Å². The number of nitrogens with one attached hydrogen (secondary N) is 2. The minimum absolute atomic E-state index is 0.0185. The molecule has 24 heavy (non-hydrogen) atoms. The minimum Gasteiger partial charge on any atom is -0.495 e. The number of carbonyl (C=O) groups excluding carboxylic acids is 1. The molecule has 0 atom stereocenters. The van der Waals surface area contributed by atoms with Crippen LogP contribution in [0.15, 0.2) is 23.1 Å². The zero-order valence-corrected chi connectivity index (χ0v) is 15.3. The zero-order valence-electron chi connectivity index (χ0n) is 14.5. The summed E-state index contributed by atoms with van der Waals surface area (Å²) in [5, 5.41) is 3.00. The van der Waals surface area contributed by atoms with Crippen LogP contribution < -0.4 is 14.8 Å². The molecule has 2 rings (SSSR count). The van der Waals surface area contributed by atoms with Crippen molar-refractivity contribution in [1.29, 1.82) is 0 Å². The average molecular weight is 354 g/mol. The Morgan fingerprint density at radius 3 is 2.46 bits per heavy atom. The van der Waals surface area contributed by atoms with Crippen molar-refractivity contribution in [2.45, 2.75) is 62.9 Å². The summed E-state index contributed by atoms with van der Waals surface area (Å²) in [4.78, 5) is 12.4. The van der Waals surface area contributed by atoms with Crippen molar-refractivity contribution < 1.29 is 17.9 Å². The SMILES string of the molecule is COc1ccc(C(=O)NC2CCCCC2)cc1S(=O)(=O)NC(C)C. The second kappa shape index (κ2) is 7.98. The molecule has 0 spiro atoms. The molecule has 1 aliphatic carbocycles. The molecule has 0 saturated heterocycles. The number of sulfonamides is 1. The lowest BCUT2D eigenvalue weighted by Crippen LogP contribution is -2.36. The van der Waals surface area contributed by atoms with E-state index in [0.717, 1.165) is 25.7 Å². The molecule has 1 aromatic rings. The summed E-state index contributed by atoms with van der Waals surface area (Å²) in [7, 11) is -2.34. The van der Waals surface area contributed by atoms with Crippen LogP contribution in [0, 0.1) is 0 Å². The fourth-order valence-electron chi connectivity index (χ4n) is 2.92. The fourth-order valence-corrected chi connectivity index (χ4v) is 4.36. The Bertz CT molecular complexity index is 680. The molecule has 1 aromatic carbocycles. The van der Waals surface area contributed by atoms with Gasteiger partial charge in [0.05, 0.1) is 7.11 Å². The van der Waals surface area contributed by atoms with Gasteiger partial charge in [0, 0.05) is 17.6 Å². The normalized spacial score (nSPS) is 16.2. The summed E-state index contributed by atoms with van der Waals surface area (Å²) < 4.78 is 32.6. The molecule has 0 bridgehead atoms. The van der Waals surface area contributed by atoms with Gasteiger partial charge in [0.15, 0.2) is 0 Å². The number of rotatable bonds is 6. The maximum atomic E-state index is 12.5. The summed E-state index contributed by atoms with van der Waals surface area (Å²) in [6, 6.07) is 4.40. The Kier molecular flexibility index (Phi) is 6.23. The lowest BCUT2D eigenvalue weighted by molar-refractivity contribution is 0.0927. The van der Waals surface area contributed by atoms with E-state index in [1.807, 2.05) is 0 Å². The highest BCUT2D eigenvalue weighted by molar-refractivity contribution is 7.89. The van der Waals surface area contributed by atoms with Crippen LogP contribution in [-0.2, 0) is 10.0 Å². The number of hydrogen-bond donors (Lipinski definition) is 2. The summed E-state index contributed by atoms with van der Waals surface area (Å²) in [5.74, 6) is -0.0251. The van der Waals surface area contributed by atoms with Crippen molar-refractivity contribution in [2.75, 3.05) is 7.11 Å². The van der Waals surface area contributed by atoms with Crippen LogP contribution in [0.4, 0.5) is 0 Å². The van der Waals surface area contributed by atoms with Gasteiger partial charge in [-0.1, -0.05) is 19.3 Å². The quantitative estimate of drug-likeness (QED) is 0.822. The second-order valence-electron chi connectivity index (χ2n) is 6.45. The Balaban J connectivity index is 2.25. The number of amides is 1. The first-order chi connectivity index (χ1) is 11.3. The molecule has 134 valence electrons. The van der Waals surface area contributed by atoms with Gasteiger partial charge in [0.1, 0.15) is 10.6 Å². The van der Waals surface area contributed by atoms with Crippen molar-refractivity contribution in [2.24, 2.45) is 0 Å². The molecule has 6 nitrogen and oxygen atoms in total. The van der Waals surface area contributed by atoms with Crippen molar-refractivity contribution >= 4 is 15.9 Å². The predicted molar refractivity (Wildman–Crippen MR) is 92.8 cm³/mol. The third kappa shape index (κ3) is 4.70. The summed E-state index contributed by atoms with van der Waals surface area (Å²) in [6.07, 6.45) is 5.39. The lowest BCUT2D eigenvalue weighted by atomic mass is 9.95. The van der Waals surface area contributed by atoms with E-state index >= 15 is 0 Å². The number of hydrogen-bond acceptors (Lipinski definition) is 4. The van der Waals surface area contributed by atoms with Crippen LogP contribution in [0.1, 0.15) is 56.3 Å². The largest absolute Gasteiger partial charge is 0.495 e. The van der Waals surface area contributed by atoms with Gasteiger partial charge in [-0.3, -0.25) is 4.79 Å². The Hall–Kier alpha value is -1.60.